The molecule has 0 saturated carbocycles. The molecule has 0 N–H and O–H groups in total. The zero-order valence-corrected chi connectivity index (χ0v) is 8.74. The summed E-state index contributed by atoms with van der Waals surface area (Å²) in [6.45, 7) is 6.30. The van der Waals surface area contributed by atoms with Crippen LogP contribution in [0, 0.1) is 0 Å². The van der Waals surface area contributed by atoms with Crippen molar-refractivity contribution in [3.63, 3.8) is 0 Å². The second-order valence-electron chi connectivity index (χ2n) is 3.51. The van der Waals surface area contributed by atoms with E-state index >= 15 is 0 Å². The minimum atomic E-state index is 0.586. The largest absolute Gasteiger partial charge is 0.176 e. The van der Waals surface area contributed by atoms with Crippen molar-refractivity contribution >= 4 is 12.6 Å². The summed E-state index contributed by atoms with van der Waals surface area (Å²) in [4.78, 5) is 0. The van der Waals surface area contributed by atoms with Gasteiger partial charge in [-0.15, -0.1) is 0 Å². The van der Waals surface area contributed by atoms with Gasteiger partial charge in [0.15, 0.2) is 0 Å². The Bertz CT molecular complexity index is 191. The summed E-state index contributed by atoms with van der Waals surface area (Å²) in [7, 11) is 0. The molecule has 1 atom stereocenters. The first kappa shape index (κ1) is 9.91. The van der Waals surface area contributed by atoms with Crippen molar-refractivity contribution < 1.29 is 0 Å². The highest BCUT2D eigenvalue weighted by Gasteiger charge is 2.11. The van der Waals surface area contributed by atoms with Crippen LogP contribution in [0.1, 0.15) is 39.0 Å². The van der Waals surface area contributed by atoms with Gasteiger partial charge in [0, 0.05) is 5.25 Å². The van der Waals surface area contributed by atoms with Gasteiger partial charge in [0.25, 0.3) is 0 Å². The zero-order valence-electron chi connectivity index (χ0n) is 7.84. The van der Waals surface area contributed by atoms with E-state index in [0.29, 0.717) is 5.25 Å². The van der Waals surface area contributed by atoms with Crippen LogP contribution < -0.4 is 0 Å². The van der Waals surface area contributed by atoms with E-state index in [2.05, 4.69) is 32.2 Å². The number of rotatable bonds is 3. The molecule has 68 valence electrons. The lowest BCUT2D eigenvalue weighted by molar-refractivity contribution is 0.717. The van der Waals surface area contributed by atoms with Crippen molar-refractivity contribution in [1.82, 2.24) is 0 Å². The minimum Gasteiger partial charge on any atom is -0.176 e. The molecule has 0 nitrogen and oxygen atoms in total. The molecule has 1 heteroatoms. The molecule has 0 aromatic rings. The molecule has 0 aliphatic heterocycles. The predicted molar refractivity (Wildman–Crippen MR) is 58.8 cm³/mol. The Balaban J connectivity index is 2.47. The lowest BCUT2D eigenvalue weighted by Crippen LogP contribution is -2.05. The van der Waals surface area contributed by atoms with Gasteiger partial charge in [0.2, 0.25) is 0 Å². The molecule has 0 heterocycles. The molecular formula is C11H18S. The molecule has 0 spiro atoms. The van der Waals surface area contributed by atoms with Gasteiger partial charge < -0.3 is 0 Å². The van der Waals surface area contributed by atoms with Crippen molar-refractivity contribution in [2.45, 2.75) is 44.3 Å². The molecule has 1 unspecified atom stereocenters. The number of hydrogen-bond donors (Lipinski definition) is 1. The Morgan fingerprint density at radius 1 is 1.75 bits per heavy atom. The van der Waals surface area contributed by atoms with Gasteiger partial charge in [0.05, 0.1) is 0 Å². The lowest BCUT2D eigenvalue weighted by atomic mass is 9.92. The van der Waals surface area contributed by atoms with E-state index in [4.69, 9.17) is 0 Å². The first-order chi connectivity index (χ1) is 5.74. The Kier molecular flexibility index (Phi) is 3.93. The zero-order chi connectivity index (χ0) is 8.97. The molecule has 0 saturated heterocycles. The second-order valence-corrected chi connectivity index (χ2v) is 4.24. The summed E-state index contributed by atoms with van der Waals surface area (Å²) < 4.78 is 0. The van der Waals surface area contributed by atoms with Crippen molar-refractivity contribution in [2.75, 3.05) is 0 Å². The molecule has 1 aliphatic rings. The summed E-state index contributed by atoms with van der Waals surface area (Å²) in [6, 6.07) is 0. The highest BCUT2D eigenvalue weighted by atomic mass is 32.1. The molecule has 0 amide bonds. The van der Waals surface area contributed by atoms with E-state index in [-0.39, 0.29) is 0 Å². The third-order valence-corrected chi connectivity index (χ3v) is 2.86. The maximum atomic E-state index is 4.45. The Labute approximate surface area is 81.2 Å². The first-order valence-electron chi connectivity index (χ1n) is 4.79. The second kappa shape index (κ2) is 4.76. The molecule has 1 rings (SSSR count). The Hall–Kier alpha value is -0.170. The van der Waals surface area contributed by atoms with E-state index in [1.54, 1.807) is 0 Å². The van der Waals surface area contributed by atoms with Gasteiger partial charge >= 0.3 is 0 Å². The standard InChI is InChI=1S/C11H18S/c1-3-4-9(2)10-5-7-11(12)8-6-10/h5,11-12H,2-4,6-8H2,1H3. The van der Waals surface area contributed by atoms with Gasteiger partial charge in [-0.05, 0) is 31.3 Å². The van der Waals surface area contributed by atoms with Crippen molar-refractivity contribution in [3.05, 3.63) is 23.8 Å². The smallest absolute Gasteiger partial charge is 0.00546 e. The van der Waals surface area contributed by atoms with E-state index in [9.17, 15) is 0 Å². The summed E-state index contributed by atoms with van der Waals surface area (Å²) in [5.74, 6) is 0. The third-order valence-electron chi connectivity index (χ3n) is 2.39. The third kappa shape index (κ3) is 2.71. The average Bonchev–Trinajstić information content (AvgIpc) is 2.06. The minimum absolute atomic E-state index is 0.586. The van der Waals surface area contributed by atoms with Gasteiger partial charge in [-0.1, -0.05) is 31.6 Å². The average molecular weight is 182 g/mol. The molecular weight excluding hydrogens is 164 g/mol. The van der Waals surface area contributed by atoms with Crippen LogP contribution in [0.25, 0.3) is 0 Å². The van der Waals surface area contributed by atoms with E-state index in [1.165, 1.54) is 30.4 Å². The molecule has 0 bridgehead atoms. The highest BCUT2D eigenvalue weighted by molar-refractivity contribution is 7.80. The maximum absolute atomic E-state index is 4.45. The first-order valence-corrected chi connectivity index (χ1v) is 5.31. The predicted octanol–water partition coefficient (Wildman–Crippen LogP) is 3.75. The van der Waals surface area contributed by atoms with Gasteiger partial charge in [-0.25, -0.2) is 0 Å². The molecule has 0 aromatic carbocycles. The summed E-state index contributed by atoms with van der Waals surface area (Å²) >= 11 is 4.45. The number of hydrogen-bond acceptors (Lipinski definition) is 1. The molecule has 12 heavy (non-hydrogen) atoms. The Morgan fingerprint density at radius 3 is 3.00 bits per heavy atom. The van der Waals surface area contributed by atoms with Crippen molar-refractivity contribution in [3.8, 4) is 0 Å². The maximum Gasteiger partial charge on any atom is 0.00546 e. The topological polar surface area (TPSA) is 0 Å². The fourth-order valence-electron chi connectivity index (χ4n) is 1.60. The fraction of sp³-hybridized carbons (Fsp3) is 0.636. The highest BCUT2D eigenvalue weighted by Crippen LogP contribution is 2.27. The normalized spacial score (nSPS) is 23.5. The van der Waals surface area contributed by atoms with Crippen LogP contribution in [0.15, 0.2) is 23.8 Å². The monoisotopic (exact) mass is 182 g/mol. The van der Waals surface area contributed by atoms with E-state index in [0.717, 1.165) is 12.8 Å². The lowest BCUT2D eigenvalue weighted by Gasteiger charge is -2.18. The molecule has 0 fully saturated rings. The molecule has 0 aromatic heterocycles. The van der Waals surface area contributed by atoms with Crippen molar-refractivity contribution in [2.24, 2.45) is 0 Å². The Morgan fingerprint density at radius 2 is 2.50 bits per heavy atom. The SMILES string of the molecule is C=C(CCC)C1=CCC(S)CC1. The van der Waals surface area contributed by atoms with Crippen molar-refractivity contribution in [1.29, 1.82) is 0 Å². The summed E-state index contributed by atoms with van der Waals surface area (Å²) in [6.07, 6.45) is 8.22. The van der Waals surface area contributed by atoms with E-state index < -0.39 is 0 Å². The van der Waals surface area contributed by atoms with Crippen LogP contribution in [0.4, 0.5) is 0 Å². The van der Waals surface area contributed by atoms with Crippen LogP contribution in [0.3, 0.4) is 0 Å². The summed E-state index contributed by atoms with van der Waals surface area (Å²) in [5.41, 5.74) is 2.83. The number of thiol groups is 1. The van der Waals surface area contributed by atoms with E-state index in [1.807, 2.05) is 0 Å². The van der Waals surface area contributed by atoms with Gasteiger partial charge in [0.1, 0.15) is 0 Å². The van der Waals surface area contributed by atoms with Crippen LogP contribution in [-0.4, -0.2) is 5.25 Å². The number of allylic oxidation sites excluding steroid dienone is 3. The molecule has 0 radical (unpaired) electrons. The molecule has 1 aliphatic carbocycles. The van der Waals surface area contributed by atoms with Crippen LogP contribution in [-0.2, 0) is 0 Å². The fourth-order valence-corrected chi connectivity index (χ4v) is 1.84. The quantitative estimate of drug-likeness (QED) is 0.631. The van der Waals surface area contributed by atoms with Gasteiger partial charge in [-0.3, -0.25) is 0 Å². The summed E-state index contributed by atoms with van der Waals surface area (Å²) in [5, 5.41) is 0.586. The van der Waals surface area contributed by atoms with Crippen LogP contribution >= 0.6 is 12.6 Å². The van der Waals surface area contributed by atoms with Gasteiger partial charge in [-0.2, -0.15) is 12.6 Å². The van der Waals surface area contributed by atoms with Crippen LogP contribution in [0.2, 0.25) is 0 Å². The van der Waals surface area contributed by atoms with Crippen LogP contribution in [0.5, 0.6) is 0 Å².